The maximum atomic E-state index is 10.8. The molecular formula is C9H15NO. The Morgan fingerprint density at radius 2 is 2.18 bits per heavy atom. The van der Waals surface area contributed by atoms with Gasteiger partial charge in [-0.25, -0.2) is 0 Å². The quantitative estimate of drug-likeness (QED) is 0.606. The van der Waals surface area contributed by atoms with Crippen LogP contribution in [0.1, 0.15) is 32.6 Å². The fourth-order valence-electron chi connectivity index (χ4n) is 2.70. The van der Waals surface area contributed by atoms with Crippen molar-refractivity contribution in [3.63, 3.8) is 0 Å². The second-order valence-electron chi connectivity index (χ2n) is 4.22. The number of primary amides is 1. The van der Waals surface area contributed by atoms with Gasteiger partial charge in [-0.3, -0.25) is 4.79 Å². The van der Waals surface area contributed by atoms with Crippen molar-refractivity contribution in [3.8, 4) is 0 Å². The van der Waals surface area contributed by atoms with Crippen LogP contribution in [0.2, 0.25) is 0 Å². The summed E-state index contributed by atoms with van der Waals surface area (Å²) < 4.78 is 0. The molecule has 1 amide bonds. The Morgan fingerprint density at radius 3 is 2.45 bits per heavy atom. The first-order chi connectivity index (χ1) is 5.16. The van der Waals surface area contributed by atoms with Crippen LogP contribution in [0.15, 0.2) is 0 Å². The summed E-state index contributed by atoms with van der Waals surface area (Å²) in [5.74, 6) is 0.666. The van der Waals surface area contributed by atoms with Gasteiger partial charge in [0.1, 0.15) is 0 Å². The summed E-state index contributed by atoms with van der Waals surface area (Å²) in [5, 5.41) is 0. The second-order valence-corrected chi connectivity index (χ2v) is 4.22. The predicted molar refractivity (Wildman–Crippen MR) is 42.7 cm³/mol. The number of hydrogen-bond donors (Lipinski definition) is 1. The molecule has 2 unspecified atom stereocenters. The normalized spacial score (nSPS) is 39.4. The first-order valence-electron chi connectivity index (χ1n) is 4.45. The third-order valence-corrected chi connectivity index (χ3v) is 3.91. The van der Waals surface area contributed by atoms with Crippen LogP contribution in [0, 0.1) is 17.3 Å². The number of rotatable bonds is 1. The molecule has 0 aromatic rings. The van der Waals surface area contributed by atoms with Crippen molar-refractivity contribution in [1.29, 1.82) is 0 Å². The van der Waals surface area contributed by atoms with Gasteiger partial charge < -0.3 is 5.73 Å². The van der Waals surface area contributed by atoms with Gasteiger partial charge >= 0.3 is 0 Å². The lowest BCUT2D eigenvalue weighted by Gasteiger charge is -2.58. The van der Waals surface area contributed by atoms with Crippen LogP contribution in [0.3, 0.4) is 0 Å². The van der Waals surface area contributed by atoms with Crippen molar-refractivity contribution >= 4 is 5.91 Å². The zero-order valence-electron chi connectivity index (χ0n) is 6.97. The molecule has 2 N–H and O–H groups in total. The largest absolute Gasteiger partial charge is 0.369 e. The predicted octanol–water partition coefficient (Wildman–Crippen LogP) is 1.30. The van der Waals surface area contributed by atoms with E-state index in [2.05, 4.69) is 6.92 Å². The van der Waals surface area contributed by atoms with Crippen molar-refractivity contribution in [3.05, 3.63) is 0 Å². The van der Waals surface area contributed by atoms with Crippen LogP contribution < -0.4 is 5.73 Å². The standard InChI is InChI=1S/C9H15NO/c1-6-7(8(10)11)5-9(6)3-2-4-9/h6-7H,2-5H2,1H3,(H2,10,11). The molecule has 2 saturated carbocycles. The monoisotopic (exact) mass is 153 g/mol. The number of hydrogen-bond acceptors (Lipinski definition) is 1. The summed E-state index contributed by atoms with van der Waals surface area (Å²) >= 11 is 0. The van der Waals surface area contributed by atoms with Crippen molar-refractivity contribution in [1.82, 2.24) is 0 Å². The fourth-order valence-corrected chi connectivity index (χ4v) is 2.70. The van der Waals surface area contributed by atoms with E-state index in [1.54, 1.807) is 0 Å². The van der Waals surface area contributed by atoms with Crippen LogP contribution >= 0.6 is 0 Å². The zero-order chi connectivity index (χ0) is 8.06. The molecule has 0 heterocycles. The molecule has 2 nitrogen and oxygen atoms in total. The number of amides is 1. The summed E-state index contributed by atoms with van der Waals surface area (Å²) in [5.41, 5.74) is 5.80. The minimum Gasteiger partial charge on any atom is -0.369 e. The molecule has 0 aromatic carbocycles. The second kappa shape index (κ2) is 1.99. The molecule has 11 heavy (non-hydrogen) atoms. The summed E-state index contributed by atoms with van der Waals surface area (Å²) in [6.45, 7) is 2.18. The molecular weight excluding hydrogens is 138 g/mol. The van der Waals surface area contributed by atoms with Gasteiger partial charge in [0, 0.05) is 5.92 Å². The van der Waals surface area contributed by atoms with Crippen molar-refractivity contribution < 1.29 is 4.79 Å². The molecule has 2 aliphatic carbocycles. The molecule has 2 fully saturated rings. The molecule has 2 heteroatoms. The maximum absolute atomic E-state index is 10.8. The molecule has 2 rings (SSSR count). The third-order valence-electron chi connectivity index (χ3n) is 3.91. The van der Waals surface area contributed by atoms with Crippen LogP contribution in [0.5, 0.6) is 0 Å². The van der Waals surface area contributed by atoms with E-state index >= 15 is 0 Å². The van der Waals surface area contributed by atoms with Gasteiger partial charge in [-0.15, -0.1) is 0 Å². The molecule has 62 valence electrons. The highest BCUT2D eigenvalue weighted by molar-refractivity contribution is 5.78. The number of nitrogens with two attached hydrogens (primary N) is 1. The topological polar surface area (TPSA) is 43.1 Å². The van der Waals surface area contributed by atoms with Gasteiger partial charge in [-0.1, -0.05) is 13.3 Å². The van der Waals surface area contributed by atoms with E-state index in [4.69, 9.17) is 5.73 Å². The average Bonchev–Trinajstić information content (AvgIpc) is 1.80. The Labute approximate surface area is 67.1 Å². The van der Waals surface area contributed by atoms with E-state index < -0.39 is 0 Å². The Kier molecular flexibility index (Phi) is 1.29. The van der Waals surface area contributed by atoms with Gasteiger partial charge in [-0.2, -0.15) is 0 Å². The van der Waals surface area contributed by atoms with Crippen LogP contribution in [-0.4, -0.2) is 5.91 Å². The Morgan fingerprint density at radius 1 is 1.55 bits per heavy atom. The first kappa shape index (κ1) is 7.14. The lowest BCUT2D eigenvalue weighted by Crippen LogP contribution is -2.55. The van der Waals surface area contributed by atoms with E-state index in [0.717, 1.165) is 6.42 Å². The number of carbonyl (C=O) groups is 1. The lowest BCUT2D eigenvalue weighted by molar-refractivity contribution is -0.146. The van der Waals surface area contributed by atoms with Gasteiger partial charge in [0.15, 0.2) is 0 Å². The highest BCUT2D eigenvalue weighted by Gasteiger charge is 2.55. The highest BCUT2D eigenvalue weighted by atomic mass is 16.1. The van der Waals surface area contributed by atoms with Crippen molar-refractivity contribution in [2.24, 2.45) is 23.0 Å². The zero-order valence-corrected chi connectivity index (χ0v) is 6.97. The summed E-state index contributed by atoms with van der Waals surface area (Å²) in [6, 6.07) is 0. The SMILES string of the molecule is CC1C(C(N)=O)CC12CCC2. The fraction of sp³-hybridized carbons (Fsp3) is 0.889. The van der Waals surface area contributed by atoms with Crippen molar-refractivity contribution in [2.75, 3.05) is 0 Å². The van der Waals surface area contributed by atoms with Gasteiger partial charge in [0.05, 0.1) is 0 Å². The smallest absolute Gasteiger partial charge is 0.220 e. The van der Waals surface area contributed by atoms with Crippen LogP contribution in [0.25, 0.3) is 0 Å². The molecule has 0 aromatic heterocycles. The summed E-state index contributed by atoms with van der Waals surface area (Å²) in [6.07, 6.45) is 5.09. The van der Waals surface area contributed by atoms with Crippen LogP contribution in [-0.2, 0) is 4.79 Å². The Bertz CT molecular complexity index is 196. The summed E-state index contributed by atoms with van der Waals surface area (Å²) in [7, 11) is 0. The van der Waals surface area contributed by atoms with Crippen molar-refractivity contribution in [2.45, 2.75) is 32.6 Å². The molecule has 0 radical (unpaired) electrons. The lowest BCUT2D eigenvalue weighted by atomic mass is 9.46. The summed E-state index contributed by atoms with van der Waals surface area (Å²) in [4.78, 5) is 10.8. The van der Waals surface area contributed by atoms with Gasteiger partial charge in [-0.05, 0) is 30.6 Å². The third kappa shape index (κ3) is 0.754. The van der Waals surface area contributed by atoms with E-state index in [1.807, 2.05) is 0 Å². The van der Waals surface area contributed by atoms with E-state index in [0.29, 0.717) is 11.3 Å². The van der Waals surface area contributed by atoms with Gasteiger partial charge in [0.25, 0.3) is 0 Å². The molecule has 0 aliphatic heterocycles. The Hall–Kier alpha value is -0.530. The van der Waals surface area contributed by atoms with E-state index in [-0.39, 0.29) is 11.8 Å². The van der Waals surface area contributed by atoms with E-state index in [1.165, 1.54) is 19.3 Å². The van der Waals surface area contributed by atoms with E-state index in [9.17, 15) is 4.79 Å². The molecule has 1 spiro atoms. The number of carbonyl (C=O) groups excluding carboxylic acids is 1. The molecule has 2 aliphatic rings. The highest BCUT2D eigenvalue weighted by Crippen LogP contribution is 2.62. The average molecular weight is 153 g/mol. The maximum Gasteiger partial charge on any atom is 0.220 e. The first-order valence-corrected chi connectivity index (χ1v) is 4.45. The Balaban J connectivity index is 2.00. The molecule has 0 bridgehead atoms. The minimum absolute atomic E-state index is 0.0879. The van der Waals surface area contributed by atoms with Gasteiger partial charge in [0.2, 0.25) is 5.91 Å². The minimum atomic E-state index is -0.0879. The van der Waals surface area contributed by atoms with Crippen LogP contribution in [0.4, 0.5) is 0 Å². The molecule has 2 atom stereocenters. The molecule has 0 saturated heterocycles.